The molecule has 0 aliphatic rings. The van der Waals surface area contributed by atoms with Gasteiger partial charge in [0.2, 0.25) is 0 Å². The van der Waals surface area contributed by atoms with Crippen LogP contribution in [0.3, 0.4) is 0 Å². The lowest BCUT2D eigenvalue weighted by molar-refractivity contribution is 0.108. The molecule has 4 heteroatoms. The van der Waals surface area contributed by atoms with Crippen molar-refractivity contribution in [2.24, 2.45) is 0 Å². The minimum absolute atomic E-state index is 0.334. The third-order valence-corrected chi connectivity index (χ3v) is 2.53. The standard InChI is InChI=1S/C12H7Cl2NO/c13-10-7-6-9(12(14)16)11(15-10)8-4-2-1-3-5-8/h1-7H. The second kappa shape index (κ2) is 4.64. The molecule has 0 unspecified atom stereocenters. The first-order valence-electron chi connectivity index (χ1n) is 4.60. The predicted octanol–water partition coefficient (Wildman–Crippen LogP) is 3.78. The lowest BCUT2D eigenvalue weighted by atomic mass is 10.1. The van der Waals surface area contributed by atoms with Crippen LogP contribution in [0.25, 0.3) is 11.3 Å². The van der Waals surface area contributed by atoms with Crippen LogP contribution < -0.4 is 0 Å². The summed E-state index contributed by atoms with van der Waals surface area (Å²) in [5.74, 6) is 0. The zero-order valence-corrected chi connectivity index (χ0v) is 9.66. The predicted molar refractivity (Wildman–Crippen MR) is 64.9 cm³/mol. The highest BCUT2D eigenvalue weighted by Crippen LogP contribution is 2.24. The van der Waals surface area contributed by atoms with E-state index in [9.17, 15) is 4.79 Å². The van der Waals surface area contributed by atoms with Crippen molar-refractivity contribution in [2.75, 3.05) is 0 Å². The molecule has 0 N–H and O–H groups in total. The van der Waals surface area contributed by atoms with Gasteiger partial charge in [-0.3, -0.25) is 4.79 Å². The fourth-order valence-electron chi connectivity index (χ4n) is 1.41. The second-order valence-electron chi connectivity index (χ2n) is 3.17. The number of halogens is 2. The molecule has 1 aromatic heterocycles. The molecule has 0 spiro atoms. The summed E-state index contributed by atoms with van der Waals surface area (Å²) in [6, 6.07) is 12.4. The number of hydrogen-bond acceptors (Lipinski definition) is 2. The summed E-state index contributed by atoms with van der Waals surface area (Å²) in [5.41, 5.74) is 1.68. The zero-order valence-electron chi connectivity index (χ0n) is 8.15. The van der Waals surface area contributed by atoms with Crippen molar-refractivity contribution in [3.05, 3.63) is 53.2 Å². The summed E-state index contributed by atoms with van der Waals surface area (Å²) in [6.45, 7) is 0. The molecule has 0 amide bonds. The Balaban J connectivity index is 2.63. The molecule has 2 rings (SSSR count). The van der Waals surface area contributed by atoms with E-state index in [-0.39, 0.29) is 0 Å². The van der Waals surface area contributed by atoms with Gasteiger partial charge >= 0.3 is 0 Å². The average molecular weight is 252 g/mol. The first-order valence-corrected chi connectivity index (χ1v) is 5.36. The van der Waals surface area contributed by atoms with E-state index < -0.39 is 5.24 Å². The van der Waals surface area contributed by atoms with Gasteiger partial charge in [0, 0.05) is 5.56 Å². The molecule has 0 fully saturated rings. The topological polar surface area (TPSA) is 30.0 Å². The molecular weight excluding hydrogens is 245 g/mol. The molecule has 0 aliphatic heterocycles. The summed E-state index contributed by atoms with van der Waals surface area (Å²) >= 11 is 11.3. The maximum atomic E-state index is 11.2. The smallest absolute Gasteiger partial charge is 0.254 e. The Morgan fingerprint density at radius 1 is 1.06 bits per heavy atom. The van der Waals surface area contributed by atoms with Gasteiger partial charge in [-0.25, -0.2) is 4.98 Å². The van der Waals surface area contributed by atoms with E-state index >= 15 is 0 Å². The van der Waals surface area contributed by atoms with E-state index in [1.807, 2.05) is 30.3 Å². The van der Waals surface area contributed by atoms with Gasteiger partial charge in [0.05, 0.1) is 11.3 Å². The normalized spacial score (nSPS) is 10.1. The fraction of sp³-hybridized carbons (Fsp3) is 0. The van der Waals surface area contributed by atoms with Crippen LogP contribution in [0, 0.1) is 0 Å². The van der Waals surface area contributed by atoms with Crippen molar-refractivity contribution in [3.63, 3.8) is 0 Å². The van der Waals surface area contributed by atoms with Crippen molar-refractivity contribution >= 4 is 28.4 Å². The highest BCUT2D eigenvalue weighted by atomic mass is 35.5. The van der Waals surface area contributed by atoms with Crippen molar-refractivity contribution in [2.45, 2.75) is 0 Å². The monoisotopic (exact) mass is 251 g/mol. The van der Waals surface area contributed by atoms with Gasteiger partial charge in [0.15, 0.2) is 0 Å². The van der Waals surface area contributed by atoms with Crippen LogP contribution >= 0.6 is 23.2 Å². The molecule has 2 nitrogen and oxygen atoms in total. The van der Waals surface area contributed by atoms with E-state index in [1.165, 1.54) is 0 Å². The molecule has 1 heterocycles. The van der Waals surface area contributed by atoms with Crippen LogP contribution in [0.5, 0.6) is 0 Å². The second-order valence-corrected chi connectivity index (χ2v) is 3.90. The van der Waals surface area contributed by atoms with E-state index in [2.05, 4.69) is 4.98 Å². The highest BCUT2D eigenvalue weighted by molar-refractivity contribution is 6.68. The van der Waals surface area contributed by atoms with Gasteiger partial charge in [-0.2, -0.15) is 0 Å². The minimum atomic E-state index is -0.539. The number of nitrogens with zero attached hydrogens (tertiary/aromatic N) is 1. The summed E-state index contributed by atoms with van der Waals surface area (Å²) in [5, 5.41) is -0.205. The zero-order chi connectivity index (χ0) is 11.5. The van der Waals surface area contributed by atoms with Gasteiger partial charge in [-0.05, 0) is 23.7 Å². The third-order valence-electron chi connectivity index (χ3n) is 2.12. The van der Waals surface area contributed by atoms with Crippen LogP contribution in [0.15, 0.2) is 42.5 Å². The van der Waals surface area contributed by atoms with E-state index in [0.717, 1.165) is 5.56 Å². The maximum absolute atomic E-state index is 11.2. The SMILES string of the molecule is O=C(Cl)c1ccc(Cl)nc1-c1ccccc1. The molecule has 16 heavy (non-hydrogen) atoms. The number of rotatable bonds is 2. The molecule has 0 aliphatic carbocycles. The molecule has 0 radical (unpaired) electrons. The molecule has 80 valence electrons. The summed E-state index contributed by atoms with van der Waals surface area (Å²) in [7, 11) is 0. The van der Waals surface area contributed by atoms with Crippen LogP contribution in [-0.4, -0.2) is 10.2 Å². The van der Waals surface area contributed by atoms with Crippen molar-refractivity contribution in [1.29, 1.82) is 0 Å². The van der Waals surface area contributed by atoms with Gasteiger partial charge in [-0.15, -0.1) is 0 Å². The van der Waals surface area contributed by atoms with Crippen LogP contribution in [0.1, 0.15) is 10.4 Å². The van der Waals surface area contributed by atoms with Crippen molar-refractivity contribution in [1.82, 2.24) is 4.98 Å². The Labute approximate surface area is 103 Å². The van der Waals surface area contributed by atoms with Crippen LogP contribution in [0.4, 0.5) is 0 Å². The molecule has 0 saturated heterocycles. The number of carbonyl (C=O) groups is 1. The summed E-state index contributed by atoms with van der Waals surface area (Å²) < 4.78 is 0. The van der Waals surface area contributed by atoms with E-state index in [0.29, 0.717) is 16.4 Å². The number of carbonyl (C=O) groups excluding carboxylic acids is 1. The number of pyridine rings is 1. The van der Waals surface area contributed by atoms with Crippen molar-refractivity contribution < 1.29 is 4.79 Å². The van der Waals surface area contributed by atoms with Crippen LogP contribution in [0.2, 0.25) is 5.15 Å². The Morgan fingerprint density at radius 2 is 1.75 bits per heavy atom. The van der Waals surface area contributed by atoms with E-state index in [4.69, 9.17) is 23.2 Å². The number of aromatic nitrogens is 1. The Bertz CT molecular complexity index is 526. The maximum Gasteiger partial charge on any atom is 0.254 e. The molecule has 0 atom stereocenters. The number of hydrogen-bond donors (Lipinski definition) is 0. The van der Waals surface area contributed by atoms with Gasteiger partial charge in [0.1, 0.15) is 5.15 Å². The molecule has 1 aromatic carbocycles. The average Bonchev–Trinajstić information content (AvgIpc) is 2.29. The lowest BCUT2D eigenvalue weighted by Crippen LogP contribution is -1.96. The van der Waals surface area contributed by atoms with Gasteiger partial charge in [-0.1, -0.05) is 41.9 Å². The Morgan fingerprint density at radius 3 is 2.38 bits per heavy atom. The third kappa shape index (κ3) is 2.23. The van der Waals surface area contributed by atoms with Gasteiger partial charge < -0.3 is 0 Å². The Hall–Kier alpha value is -1.38. The van der Waals surface area contributed by atoms with Crippen molar-refractivity contribution in [3.8, 4) is 11.3 Å². The fourth-order valence-corrected chi connectivity index (χ4v) is 1.71. The molecule has 0 bridgehead atoms. The first-order chi connectivity index (χ1) is 7.68. The number of benzene rings is 1. The summed E-state index contributed by atoms with van der Waals surface area (Å²) in [6.07, 6.45) is 0. The quantitative estimate of drug-likeness (QED) is 0.601. The van der Waals surface area contributed by atoms with E-state index in [1.54, 1.807) is 12.1 Å². The summed E-state index contributed by atoms with van der Waals surface area (Å²) in [4.78, 5) is 15.4. The largest absolute Gasteiger partial charge is 0.276 e. The first kappa shape index (κ1) is 11.1. The molecule has 2 aromatic rings. The Kier molecular flexibility index (Phi) is 3.22. The molecule has 0 saturated carbocycles. The molecular formula is C12H7Cl2NO. The highest BCUT2D eigenvalue weighted by Gasteiger charge is 2.12. The minimum Gasteiger partial charge on any atom is -0.276 e. The van der Waals surface area contributed by atoms with Crippen LogP contribution in [-0.2, 0) is 0 Å². The van der Waals surface area contributed by atoms with Gasteiger partial charge in [0.25, 0.3) is 5.24 Å². The lowest BCUT2D eigenvalue weighted by Gasteiger charge is -2.05.